The van der Waals surface area contributed by atoms with Crippen molar-refractivity contribution in [3.8, 4) is 0 Å². The average Bonchev–Trinajstić information content (AvgIpc) is 3.31. The molecule has 2 aromatic rings. The maximum absolute atomic E-state index is 12.5. The molecule has 10 heteroatoms. The van der Waals surface area contributed by atoms with E-state index < -0.39 is 15.4 Å². The van der Waals surface area contributed by atoms with Crippen LogP contribution in [0.1, 0.15) is 30.0 Å². The minimum Gasteiger partial charge on any atom is -0.339 e. The van der Waals surface area contributed by atoms with Crippen LogP contribution in [0.15, 0.2) is 10.6 Å². The van der Waals surface area contributed by atoms with Crippen molar-refractivity contribution < 1.29 is 12.9 Å². The number of hydrogen-bond donors (Lipinski definition) is 0. The summed E-state index contributed by atoms with van der Waals surface area (Å²) >= 11 is 0. The van der Waals surface area contributed by atoms with Crippen LogP contribution in [0.5, 0.6) is 0 Å². The summed E-state index contributed by atoms with van der Waals surface area (Å²) in [5.74, 6) is 1.38. The SMILES string of the molecule is CCS(=O)(=O)N1C[C@@H]2CN(Cc3cc(C)nn3C)C[C@]2(c2nc(C)no2)C1. The maximum Gasteiger partial charge on any atom is 0.235 e. The van der Waals surface area contributed by atoms with Crippen LogP contribution in [0.4, 0.5) is 0 Å². The van der Waals surface area contributed by atoms with E-state index >= 15 is 0 Å². The van der Waals surface area contributed by atoms with Crippen molar-refractivity contribution >= 4 is 10.0 Å². The third-order valence-corrected chi connectivity index (χ3v) is 7.64. The van der Waals surface area contributed by atoms with E-state index in [2.05, 4.69) is 26.2 Å². The fourth-order valence-corrected chi connectivity index (χ4v) is 5.68. The summed E-state index contributed by atoms with van der Waals surface area (Å²) in [5, 5.41) is 8.38. The number of aromatic nitrogens is 4. The van der Waals surface area contributed by atoms with E-state index in [1.807, 2.05) is 18.7 Å². The molecular formula is C17H26N6O3S. The van der Waals surface area contributed by atoms with Crippen LogP contribution < -0.4 is 0 Å². The zero-order valence-electron chi connectivity index (χ0n) is 16.2. The van der Waals surface area contributed by atoms with Crippen LogP contribution in [-0.4, -0.2) is 69.5 Å². The molecule has 0 aliphatic carbocycles. The van der Waals surface area contributed by atoms with Gasteiger partial charge in [0, 0.05) is 45.7 Å². The van der Waals surface area contributed by atoms with E-state index in [-0.39, 0.29) is 11.7 Å². The molecule has 0 unspecified atom stereocenters. The standard InChI is InChI=1S/C17H26N6O3S/c1-5-27(24,25)23-8-14-7-22(9-15-6-12(2)19-21(15)4)10-17(14,11-23)16-18-13(3)20-26-16/h6,14H,5,7-11H2,1-4H3/t14-,17-/m0/s1. The largest absolute Gasteiger partial charge is 0.339 e. The molecule has 2 aromatic heterocycles. The highest BCUT2D eigenvalue weighted by Crippen LogP contribution is 2.45. The molecule has 4 heterocycles. The van der Waals surface area contributed by atoms with E-state index in [1.165, 1.54) is 0 Å². The van der Waals surface area contributed by atoms with Gasteiger partial charge >= 0.3 is 0 Å². The second-order valence-electron chi connectivity index (χ2n) is 7.76. The van der Waals surface area contributed by atoms with E-state index in [4.69, 9.17) is 4.52 Å². The molecule has 2 atom stereocenters. The summed E-state index contributed by atoms with van der Waals surface area (Å²) in [6.07, 6.45) is 0. The van der Waals surface area contributed by atoms with Crippen molar-refractivity contribution in [1.82, 2.24) is 29.1 Å². The average molecular weight is 395 g/mol. The van der Waals surface area contributed by atoms with E-state index in [9.17, 15) is 8.42 Å². The zero-order valence-corrected chi connectivity index (χ0v) is 17.0. The van der Waals surface area contributed by atoms with E-state index in [0.29, 0.717) is 31.3 Å². The molecule has 0 amide bonds. The topological polar surface area (TPSA) is 97.4 Å². The Morgan fingerprint density at radius 3 is 2.67 bits per heavy atom. The van der Waals surface area contributed by atoms with Crippen molar-refractivity contribution in [1.29, 1.82) is 0 Å². The first kappa shape index (κ1) is 18.6. The molecule has 148 valence electrons. The van der Waals surface area contributed by atoms with Crippen LogP contribution in [0.3, 0.4) is 0 Å². The Kier molecular flexibility index (Phi) is 4.39. The summed E-state index contributed by atoms with van der Waals surface area (Å²) in [7, 11) is -1.30. The highest BCUT2D eigenvalue weighted by Gasteiger charge is 2.58. The summed E-state index contributed by atoms with van der Waals surface area (Å²) in [6.45, 7) is 8.61. The summed E-state index contributed by atoms with van der Waals surface area (Å²) in [5.41, 5.74) is 1.69. The van der Waals surface area contributed by atoms with E-state index in [1.54, 1.807) is 18.2 Å². The van der Waals surface area contributed by atoms with Gasteiger partial charge in [-0.25, -0.2) is 12.7 Å². The third kappa shape index (κ3) is 3.09. The molecule has 2 saturated heterocycles. The molecule has 0 bridgehead atoms. The Morgan fingerprint density at radius 1 is 1.30 bits per heavy atom. The molecular weight excluding hydrogens is 368 g/mol. The lowest BCUT2D eigenvalue weighted by Crippen LogP contribution is -2.40. The Balaban J connectivity index is 1.63. The Hall–Kier alpha value is -1.78. The number of fused-ring (bicyclic) bond motifs is 1. The van der Waals surface area contributed by atoms with Gasteiger partial charge in [-0.05, 0) is 26.8 Å². The normalized spacial score (nSPS) is 26.7. The Labute approximate surface area is 159 Å². The highest BCUT2D eigenvalue weighted by molar-refractivity contribution is 7.89. The summed E-state index contributed by atoms with van der Waals surface area (Å²) < 4.78 is 34.0. The first-order valence-electron chi connectivity index (χ1n) is 9.24. The van der Waals surface area contributed by atoms with Gasteiger partial charge in [-0.3, -0.25) is 9.58 Å². The van der Waals surface area contributed by atoms with Crippen molar-refractivity contribution in [2.75, 3.05) is 31.9 Å². The van der Waals surface area contributed by atoms with Gasteiger partial charge in [-0.2, -0.15) is 10.1 Å². The van der Waals surface area contributed by atoms with Crippen molar-refractivity contribution in [3.05, 3.63) is 29.2 Å². The van der Waals surface area contributed by atoms with Gasteiger partial charge < -0.3 is 4.52 Å². The van der Waals surface area contributed by atoms with Gasteiger partial charge in [0.15, 0.2) is 5.82 Å². The van der Waals surface area contributed by atoms with Crippen LogP contribution in [0.2, 0.25) is 0 Å². The lowest BCUT2D eigenvalue weighted by Gasteiger charge is -2.25. The maximum atomic E-state index is 12.5. The third-order valence-electron chi connectivity index (χ3n) is 5.84. The Morgan fingerprint density at radius 2 is 2.07 bits per heavy atom. The number of rotatable bonds is 5. The molecule has 2 fully saturated rings. The lowest BCUT2D eigenvalue weighted by molar-refractivity contribution is 0.241. The first-order valence-corrected chi connectivity index (χ1v) is 10.8. The van der Waals surface area contributed by atoms with Crippen molar-refractivity contribution in [3.63, 3.8) is 0 Å². The van der Waals surface area contributed by atoms with Gasteiger partial charge in [0.1, 0.15) is 0 Å². The molecule has 0 aromatic carbocycles. The Bertz CT molecular complexity index is 952. The number of likely N-dealkylation sites (tertiary alicyclic amines) is 1. The number of sulfonamides is 1. The zero-order chi connectivity index (χ0) is 19.4. The molecule has 0 radical (unpaired) electrons. The fraction of sp³-hybridized carbons (Fsp3) is 0.706. The molecule has 2 aliphatic rings. The number of nitrogens with zero attached hydrogens (tertiary/aromatic N) is 6. The second kappa shape index (κ2) is 6.39. The fourth-order valence-electron chi connectivity index (χ4n) is 4.48. The van der Waals surface area contributed by atoms with Crippen LogP contribution in [0.25, 0.3) is 0 Å². The number of hydrogen-bond acceptors (Lipinski definition) is 7. The van der Waals surface area contributed by atoms with E-state index in [0.717, 1.165) is 24.5 Å². The van der Waals surface area contributed by atoms with Crippen LogP contribution >= 0.6 is 0 Å². The quantitative estimate of drug-likeness (QED) is 0.726. The molecule has 0 saturated carbocycles. The minimum atomic E-state index is -3.25. The van der Waals surface area contributed by atoms with Gasteiger partial charge in [-0.1, -0.05) is 5.16 Å². The molecule has 0 spiro atoms. The lowest BCUT2D eigenvalue weighted by atomic mass is 9.81. The number of aryl methyl sites for hydroxylation is 3. The minimum absolute atomic E-state index is 0.108. The monoisotopic (exact) mass is 394 g/mol. The van der Waals surface area contributed by atoms with Gasteiger partial charge in [-0.15, -0.1) is 0 Å². The predicted octanol–water partition coefficient (Wildman–Crippen LogP) is 0.455. The van der Waals surface area contributed by atoms with Gasteiger partial charge in [0.05, 0.1) is 22.6 Å². The highest BCUT2D eigenvalue weighted by atomic mass is 32.2. The smallest absolute Gasteiger partial charge is 0.235 e. The van der Waals surface area contributed by atoms with Crippen molar-refractivity contribution in [2.45, 2.75) is 32.7 Å². The molecule has 0 N–H and O–H groups in total. The summed E-state index contributed by atoms with van der Waals surface area (Å²) in [4.78, 5) is 6.83. The van der Waals surface area contributed by atoms with Gasteiger partial charge in [0.25, 0.3) is 0 Å². The molecule has 4 rings (SSSR count). The van der Waals surface area contributed by atoms with Crippen LogP contribution in [0, 0.1) is 19.8 Å². The molecule has 9 nitrogen and oxygen atoms in total. The first-order chi connectivity index (χ1) is 12.7. The van der Waals surface area contributed by atoms with Crippen molar-refractivity contribution in [2.24, 2.45) is 13.0 Å². The predicted molar refractivity (Wildman–Crippen MR) is 98.5 cm³/mol. The second-order valence-corrected chi connectivity index (χ2v) is 10.0. The molecule has 27 heavy (non-hydrogen) atoms. The van der Waals surface area contributed by atoms with Gasteiger partial charge in [0.2, 0.25) is 15.9 Å². The van der Waals surface area contributed by atoms with Crippen LogP contribution in [-0.2, 0) is 29.0 Å². The summed E-state index contributed by atoms with van der Waals surface area (Å²) in [6, 6.07) is 2.09. The molecule has 2 aliphatic heterocycles.